The summed E-state index contributed by atoms with van der Waals surface area (Å²) in [6.07, 6.45) is 1.45. The van der Waals surface area contributed by atoms with Crippen molar-refractivity contribution >= 4 is 17.7 Å². The molecule has 0 aliphatic carbocycles. The zero-order valence-corrected chi connectivity index (χ0v) is 16.4. The number of hydrogen-bond acceptors (Lipinski definition) is 3. The van der Waals surface area contributed by atoms with Crippen molar-refractivity contribution < 1.29 is 14.3 Å². The molecule has 0 radical (unpaired) electrons. The largest absolute Gasteiger partial charge is 0.490 e. The van der Waals surface area contributed by atoms with E-state index in [0.29, 0.717) is 11.6 Å². The minimum atomic E-state index is -0.465. The molecule has 24 heavy (non-hydrogen) atoms. The molecule has 1 aromatic carbocycles. The molecule has 5 heteroatoms. The Morgan fingerprint density at radius 3 is 2.29 bits per heavy atom. The predicted octanol–water partition coefficient (Wildman–Crippen LogP) is 5.53. The van der Waals surface area contributed by atoms with Gasteiger partial charge in [0.25, 0.3) is 0 Å². The van der Waals surface area contributed by atoms with Crippen LogP contribution in [0.15, 0.2) is 24.3 Å². The molecule has 0 spiro atoms. The quantitative estimate of drug-likeness (QED) is 0.699. The second-order valence-electron chi connectivity index (χ2n) is 6.74. The number of nitrogens with zero attached hydrogens (tertiary/aromatic N) is 1. The van der Waals surface area contributed by atoms with E-state index in [1.807, 2.05) is 65.8 Å². The number of carbonyl (C=O) groups excluding carboxylic acids is 1. The van der Waals surface area contributed by atoms with Gasteiger partial charge in [-0.15, -0.1) is 0 Å². The third-order valence-electron chi connectivity index (χ3n) is 3.57. The van der Waals surface area contributed by atoms with Crippen LogP contribution < -0.4 is 4.74 Å². The molecular weight excluding hydrogens is 326 g/mol. The molecule has 4 nitrogen and oxygen atoms in total. The molecule has 1 aliphatic rings. The van der Waals surface area contributed by atoms with Crippen LogP contribution in [-0.4, -0.2) is 35.3 Å². The summed E-state index contributed by atoms with van der Waals surface area (Å²) in [6, 6.07) is 7.47. The number of likely N-dealkylation sites (tertiary alicyclic amines) is 1. The molecule has 0 N–H and O–H groups in total. The maximum atomic E-state index is 12.2. The Kier molecular flexibility index (Phi) is 7.88. The van der Waals surface area contributed by atoms with Crippen molar-refractivity contribution in [1.82, 2.24) is 4.90 Å². The summed E-state index contributed by atoms with van der Waals surface area (Å²) < 4.78 is 11.4. The molecule has 2 atom stereocenters. The smallest absolute Gasteiger partial charge is 0.410 e. The van der Waals surface area contributed by atoms with Crippen LogP contribution in [-0.2, 0) is 4.74 Å². The lowest BCUT2D eigenvalue weighted by Gasteiger charge is -2.38. The summed E-state index contributed by atoms with van der Waals surface area (Å²) in [5.41, 5.74) is -0.465. The molecule has 1 amide bonds. The lowest BCUT2D eigenvalue weighted by Crippen LogP contribution is -2.49. The van der Waals surface area contributed by atoms with Crippen molar-refractivity contribution in [3.63, 3.8) is 0 Å². The van der Waals surface area contributed by atoms with Crippen LogP contribution in [0.5, 0.6) is 5.75 Å². The van der Waals surface area contributed by atoms with Crippen LogP contribution >= 0.6 is 11.6 Å². The van der Waals surface area contributed by atoms with Gasteiger partial charge in [-0.3, -0.25) is 0 Å². The minimum absolute atomic E-state index is 0.0981. The molecule has 0 bridgehead atoms. The maximum absolute atomic E-state index is 12.2. The monoisotopic (exact) mass is 355 g/mol. The molecule has 1 saturated heterocycles. The zero-order valence-electron chi connectivity index (χ0n) is 15.6. The Morgan fingerprint density at radius 1 is 1.21 bits per heavy atom. The van der Waals surface area contributed by atoms with Gasteiger partial charge >= 0.3 is 6.09 Å². The lowest BCUT2D eigenvalue weighted by atomic mass is 10.0. The van der Waals surface area contributed by atoms with Gasteiger partial charge in [0, 0.05) is 30.5 Å². The minimum Gasteiger partial charge on any atom is -0.490 e. The zero-order chi connectivity index (χ0) is 18.3. The Balaban J connectivity index is 0.00000139. The highest BCUT2D eigenvalue weighted by Gasteiger charge is 2.32. The van der Waals surface area contributed by atoms with E-state index in [1.54, 1.807) is 4.90 Å². The first kappa shape index (κ1) is 20.6. The van der Waals surface area contributed by atoms with Crippen molar-refractivity contribution in [2.45, 2.75) is 72.1 Å². The molecule has 0 saturated carbocycles. The summed E-state index contributed by atoms with van der Waals surface area (Å²) in [5.74, 6) is 0.812. The Morgan fingerprint density at radius 2 is 1.79 bits per heavy atom. The summed E-state index contributed by atoms with van der Waals surface area (Å²) in [6.45, 7) is 12.3. The lowest BCUT2D eigenvalue weighted by molar-refractivity contribution is -0.00102. The van der Waals surface area contributed by atoms with Gasteiger partial charge in [-0.2, -0.15) is 0 Å². The normalized spacial score (nSPS) is 20.7. The van der Waals surface area contributed by atoms with Gasteiger partial charge in [0.15, 0.2) is 0 Å². The third kappa shape index (κ3) is 6.60. The highest BCUT2D eigenvalue weighted by molar-refractivity contribution is 6.30. The second kappa shape index (κ2) is 9.16. The summed E-state index contributed by atoms with van der Waals surface area (Å²) in [7, 11) is 0. The fourth-order valence-corrected chi connectivity index (χ4v) is 2.66. The van der Waals surface area contributed by atoms with E-state index >= 15 is 0 Å². The average Bonchev–Trinajstić information content (AvgIpc) is 2.50. The van der Waals surface area contributed by atoms with E-state index < -0.39 is 5.60 Å². The van der Waals surface area contributed by atoms with Gasteiger partial charge in [-0.05, 0) is 52.0 Å². The number of rotatable bonds is 2. The van der Waals surface area contributed by atoms with E-state index in [9.17, 15) is 4.79 Å². The first-order chi connectivity index (χ1) is 11.2. The number of piperidine rings is 1. The van der Waals surface area contributed by atoms with Gasteiger partial charge in [-0.1, -0.05) is 25.4 Å². The number of ether oxygens (including phenoxy) is 2. The number of carbonyl (C=O) groups is 1. The Bertz CT molecular complexity index is 510. The fraction of sp³-hybridized carbons (Fsp3) is 0.632. The van der Waals surface area contributed by atoms with Crippen LogP contribution in [0.1, 0.15) is 54.4 Å². The highest BCUT2D eigenvalue weighted by Crippen LogP contribution is 2.25. The number of hydrogen-bond donors (Lipinski definition) is 0. The molecule has 1 aromatic rings. The molecule has 2 unspecified atom stereocenters. The topological polar surface area (TPSA) is 38.8 Å². The summed E-state index contributed by atoms with van der Waals surface area (Å²) >= 11 is 5.87. The van der Waals surface area contributed by atoms with E-state index in [2.05, 4.69) is 0 Å². The van der Waals surface area contributed by atoms with Crippen molar-refractivity contribution in [3.05, 3.63) is 29.3 Å². The molecule has 136 valence electrons. The Labute approximate surface area is 151 Å². The first-order valence-electron chi connectivity index (χ1n) is 8.66. The SMILES string of the molecule is CC.CC1CC(Oc2ccc(Cl)cc2)CCN1C(=O)OC(C)(C)C. The highest BCUT2D eigenvalue weighted by atomic mass is 35.5. The molecule has 1 heterocycles. The molecule has 1 fully saturated rings. The van der Waals surface area contributed by atoms with Crippen LogP contribution in [0, 0.1) is 0 Å². The second-order valence-corrected chi connectivity index (χ2v) is 7.18. The molecular formula is C19H30ClNO3. The van der Waals surface area contributed by atoms with Crippen molar-refractivity contribution in [1.29, 1.82) is 0 Å². The summed E-state index contributed by atoms with van der Waals surface area (Å²) in [4.78, 5) is 14.0. The average molecular weight is 356 g/mol. The first-order valence-corrected chi connectivity index (χ1v) is 9.04. The predicted molar refractivity (Wildman–Crippen MR) is 98.9 cm³/mol. The van der Waals surface area contributed by atoms with Crippen molar-refractivity contribution in [2.75, 3.05) is 6.54 Å². The van der Waals surface area contributed by atoms with Gasteiger partial charge < -0.3 is 14.4 Å². The molecule has 0 aromatic heterocycles. The van der Waals surface area contributed by atoms with E-state index in [-0.39, 0.29) is 18.2 Å². The fourth-order valence-electron chi connectivity index (χ4n) is 2.53. The number of benzene rings is 1. The molecule has 1 aliphatic heterocycles. The third-order valence-corrected chi connectivity index (χ3v) is 3.82. The van der Waals surface area contributed by atoms with Crippen LogP contribution in [0.25, 0.3) is 0 Å². The number of halogens is 1. The van der Waals surface area contributed by atoms with Crippen molar-refractivity contribution in [2.24, 2.45) is 0 Å². The Hall–Kier alpha value is -1.42. The standard InChI is InChI=1S/C17H24ClNO3.C2H6/c1-12-11-15(21-14-7-5-13(18)6-8-14)9-10-19(12)16(20)22-17(2,3)4;1-2/h5-8,12,15H,9-11H2,1-4H3;1-2H3. The van der Waals surface area contributed by atoms with Gasteiger partial charge in [0.05, 0.1) is 0 Å². The van der Waals surface area contributed by atoms with Gasteiger partial charge in [0.1, 0.15) is 17.5 Å². The van der Waals surface area contributed by atoms with Crippen molar-refractivity contribution in [3.8, 4) is 5.75 Å². The van der Waals surface area contributed by atoms with Gasteiger partial charge in [-0.25, -0.2) is 4.79 Å². The van der Waals surface area contributed by atoms with Crippen LogP contribution in [0.4, 0.5) is 4.79 Å². The van der Waals surface area contributed by atoms with E-state index in [0.717, 1.165) is 18.6 Å². The van der Waals surface area contributed by atoms with Crippen LogP contribution in [0.2, 0.25) is 5.02 Å². The van der Waals surface area contributed by atoms with Gasteiger partial charge in [0.2, 0.25) is 0 Å². The number of amides is 1. The van der Waals surface area contributed by atoms with E-state index in [1.165, 1.54) is 0 Å². The maximum Gasteiger partial charge on any atom is 0.410 e. The summed E-state index contributed by atoms with van der Waals surface area (Å²) in [5, 5.41) is 0.695. The van der Waals surface area contributed by atoms with Crippen LogP contribution in [0.3, 0.4) is 0 Å². The van der Waals surface area contributed by atoms with E-state index in [4.69, 9.17) is 21.1 Å². The molecule has 2 rings (SSSR count).